The zero-order valence-corrected chi connectivity index (χ0v) is 12.9. The van der Waals surface area contributed by atoms with Crippen molar-refractivity contribution in [3.05, 3.63) is 0 Å². The fourth-order valence-electron chi connectivity index (χ4n) is 1.64. The molecule has 2 atom stereocenters. The molecule has 0 bridgehead atoms. The Bertz CT molecular complexity index is 275. The van der Waals surface area contributed by atoms with Crippen molar-refractivity contribution >= 4 is 35.7 Å². The highest BCUT2D eigenvalue weighted by Crippen LogP contribution is 2.39. The van der Waals surface area contributed by atoms with Gasteiger partial charge in [-0.05, 0) is 19.3 Å². The largest absolute Gasteiger partial charge is 0.354 e. The van der Waals surface area contributed by atoms with E-state index in [1.54, 1.807) is 0 Å². The van der Waals surface area contributed by atoms with Crippen LogP contribution in [0, 0.1) is 0 Å². The number of unbranched alkanes of at least 4 members (excludes halogenated alkanes) is 1. The van der Waals surface area contributed by atoms with Crippen LogP contribution in [0.5, 0.6) is 0 Å². The van der Waals surface area contributed by atoms with Crippen LogP contribution in [0.4, 0.5) is 0 Å². The van der Waals surface area contributed by atoms with Crippen LogP contribution in [0.1, 0.15) is 32.1 Å². The third-order valence-electron chi connectivity index (χ3n) is 2.56. The molecule has 0 aliphatic carbocycles. The SMILES string of the molecule is O=C(CCCCC1CCSS1)NCCO[PH](=O)O. The first-order valence-electron chi connectivity index (χ1n) is 6.09. The monoisotopic (exact) mass is 313 g/mol. The third kappa shape index (κ3) is 8.43. The van der Waals surface area contributed by atoms with E-state index in [-0.39, 0.29) is 12.5 Å². The molecule has 1 rings (SSSR count). The second-order valence-electron chi connectivity index (χ2n) is 4.04. The van der Waals surface area contributed by atoms with Crippen molar-refractivity contribution < 1.29 is 18.8 Å². The van der Waals surface area contributed by atoms with E-state index >= 15 is 0 Å². The maximum Gasteiger partial charge on any atom is 0.316 e. The minimum atomic E-state index is -2.87. The summed E-state index contributed by atoms with van der Waals surface area (Å²) in [4.78, 5) is 19.8. The summed E-state index contributed by atoms with van der Waals surface area (Å²) in [5.74, 6) is 1.24. The number of carbonyl (C=O) groups excluding carboxylic acids is 1. The van der Waals surface area contributed by atoms with Gasteiger partial charge in [-0.1, -0.05) is 28.0 Å². The molecule has 1 heterocycles. The van der Waals surface area contributed by atoms with Gasteiger partial charge in [-0.15, -0.1) is 0 Å². The standard InChI is InChI=1S/C10H20NO4PS2/c12-10(11-6-7-15-16(13)14)4-2-1-3-9-5-8-17-18-9/h9,16H,1-8H2,(H,11,12)(H,13,14). The summed E-state index contributed by atoms with van der Waals surface area (Å²) in [7, 11) is 1.04. The Balaban J connectivity index is 1.88. The molecule has 2 N–H and O–H groups in total. The van der Waals surface area contributed by atoms with Gasteiger partial charge < -0.3 is 14.7 Å². The van der Waals surface area contributed by atoms with Gasteiger partial charge in [0, 0.05) is 24.0 Å². The van der Waals surface area contributed by atoms with Crippen LogP contribution < -0.4 is 5.32 Å². The molecule has 1 amide bonds. The van der Waals surface area contributed by atoms with E-state index in [0.717, 1.165) is 18.1 Å². The average molecular weight is 313 g/mol. The molecule has 0 saturated carbocycles. The quantitative estimate of drug-likeness (QED) is 0.386. The molecule has 0 aromatic carbocycles. The second-order valence-corrected chi connectivity index (χ2v) is 7.65. The van der Waals surface area contributed by atoms with Crippen LogP contribution in [0.3, 0.4) is 0 Å². The summed E-state index contributed by atoms with van der Waals surface area (Å²) in [5, 5.41) is 3.43. The number of rotatable bonds is 9. The van der Waals surface area contributed by atoms with Crippen molar-refractivity contribution in [2.24, 2.45) is 0 Å². The van der Waals surface area contributed by atoms with Gasteiger partial charge in [-0.25, -0.2) is 0 Å². The van der Waals surface area contributed by atoms with Crippen LogP contribution >= 0.6 is 29.8 Å². The Labute approximate surface area is 116 Å². The predicted molar refractivity (Wildman–Crippen MR) is 77.1 cm³/mol. The second kappa shape index (κ2) is 10.1. The molecule has 0 aromatic heterocycles. The van der Waals surface area contributed by atoms with Crippen molar-refractivity contribution in [3.8, 4) is 0 Å². The summed E-state index contributed by atoms with van der Waals surface area (Å²) in [6.07, 6.45) is 5.01. The molecule has 5 nitrogen and oxygen atoms in total. The molecular formula is C10H20NO4PS2. The molecule has 8 heteroatoms. The fourth-order valence-corrected chi connectivity index (χ4v) is 4.94. The molecule has 1 aliphatic rings. The van der Waals surface area contributed by atoms with E-state index < -0.39 is 8.25 Å². The lowest BCUT2D eigenvalue weighted by molar-refractivity contribution is -0.121. The number of hydrogen-bond donors (Lipinski definition) is 2. The minimum absolute atomic E-state index is 0.00957. The van der Waals surface area contributed by atoms with Crippen molar-refractivity contribution in [1.82, 2.24) is 5.32 Å². The summed E-state index contributed by atoms with van der Waals surface area (Å²) in [5.41, 5.74) is 0. The fraction of sp³-hybridized carbons (Fsp3) is 0.900. The van der Waals surface area contributed by atoms with Crippen LogP contribution in [-0.2, 0) is 13.9 Å². The van der Waals surface area contributed by atoms with Crippen LogP contribution in [0.2, 0.25) is 0 Å². The molecule has 1 aliphatic heterocycles. The molecule has 18 heavy (non-hydrogen) atoms. The summed E-state index contributed by atoms with van der Waals surface area (Å²) in [6.45, 7) is 0.390. The zero-order valence-electron chi connectivity index (χ0n) is 10.2. The number of nitrogens with one attached hydrogen (secondary N) is 1. The molecule has 0 spiro atoms. The zero-order chi connectivity index (χ0) is 13.2. The van der Waals surface area contributed by atoms with E-state index in [1.165, 1.54) is 18.6 Å². The summed E-state index contributed by atoms with van der Waals surface area (Å²) in [6, 6.07) is 0. The maximum absolute atomic E-state index is 11.4. The predicted octanol–water partition coefficient (Wildman–Crippen LogP) is 2.22. The van der Waals surface area contributed by atoms with Gasteiger partial charge in [0.25, 0.3) is 0 Å². The Morgan fingerprint density at radius 1 is 1.50 bits per heavy atom. The highest BCUT2D eigenvalue weighted by molar-refractivity contribution is 8.77. The van der Waals surface area contributed by atoms with E-state index in [9.17, 15) is 9.36 Å². The Kier molecular flexibility index (Phi) is 9.23. The van der Waals surface area contributed by atoms with Crippen LogP contribution in [-0.4, -0.2) is 35.0 Å². The number of hydrogen-bond acceptors (Lipinski definition) is 5. The Hall–Kier alpha value is 0.320. The van der Waals surface area contributed by atoms with Gasteiger partial charge in [0.1, 0.15) is 0 Å². The van der Waals surface area contributed by atoms with Gasteiger partial charge in [0.05, 0.1) is 6.61 Å². The molecule has 1 saturated heterocycles. The van der Waals surface area contributed by atoms with Gasteiger partial charge in [-0.3, -0.25) is 9.36 Å². The van der Waals surface area contributed by atoms with E-state index in [4.69, 9.17) is 4.89 Å². The lowest BCUT2D eigenvalue weighted by atomic mass is 10.1. The van der Waals surface area contributed by atoms with Crippen molar-refractivity contribution in [3.63, 3.8) is 0 Å². The van der Waals surface area contributed by atoms with Gasteiger partial charge in [0.15, 0.2) is 0 Å². The first-order chi connectivity index (χ1) is 8.68. The van der Waals surface area contributed by atoms with E-state index in [1.807, 2.05) is 21.6 Å². The number of carbonyl (C=O) groups is 1. The first kappa shape index (κ1) is 16.4. The maximum atomic E-state index is 11.4. The summed E-state index contributed by atoms with van der Waals surface area (Å²) < 4.78 is 14.7. The smallest absolute Gasteiger partial charge is 0.316 e. The highest BCUT2D eigenvalue weighted by atomic mass is 33.1. The molecule has 0 aromatic rings. The number of amides is 1. The van der Waals surface area contributed by atoms with Crippen molar-refractivity contribution in [2.45, 2.75) is 37.4 Å². The van der Waals surface area contributed by atoms with Gasteiger partial charge >= 0.3 is 8.25 Å². The van der Waals surface area contributed by atoms with Crippen molar-refractivity contribution in [2.75, 3.05) is 18.9 Å². The van der Waals surface area contributed by atoms with Crippen molar-refractivity contribution in [1.29, 1.82) is 0 Å². The third-order valence-corrected chi connectivity index (χ3v) is 6.01. The lowest BCUT2D eigenvalue weighted by Crippen LogP contribution is -2.26. The topological polar surface area (TPSA) is 75.6 Å². The Morgan fingerprint density at radius 2 is 2.33 bits per heavy atom. The molecule has 106 valence electrons. The first-order valence-corrected chi connectivity index (χ1v) is 9.74. The molecule has 2 unspecified atom stereocenters. The summed E-state index contributed by atoms with van der Waals surface area (Å²) >= 11 is 0. The van der Waals surface area contributed by atoms with E-state index in [2.05, 4.69) is 9.84 Å². The van der Waals surface area contributed by atoms with E-state index in [0.29, 0.717) is 13.0 Å². The average Bonchev–Trinajstić information content (AvgIpc) is 2.83. The molecular weight excluding hydrogens is 293 g/mol. The van der Waals surface area contributed by atoms with Crippen LogP contribution in [0.25, 0.3) is 0 Å². The molecule has 1 fully saturated rings. The molecule has 0 radical (unpaired) electrons. The van der Waals surface area contributed by atoms with Gasteiger partial charge in [0.2, 0.25) is 5.91 Å². The van der Waals surface area contributed by atoms with Gasteiger partial charge in [-0.2, -0.15) is 0 Å². The Morgan fingerprint density at radius 3 is 3.00 bits per heavy atom. The lowest BCUT2D eigenvalue weighted by Gasteiger charge is -2.07. The minimum Gasteiger partial charge on any atom is -0.354 e. The highest BCUT2D eigenvalue weighted by Gasteiger charge is 2.15. The normalized spacial score (nSPS) is 20.8. The van der Waals surface area contributed by atoms with Crippen LogP contribution in [0.15, 0.2) is 0 Å².